The van der Waals surface area contributed by atoms with E-state index in [0.717, 1.165) is 24.0 Å². The zero-order valence-electron chi connectivity index (χ0n) is 9.00. The Balaban J connectivity index is 2.21. The molecule has 88 valence electrons. The lowest BCUT2D eigenvalue weighted by Crippen LogP contribution is -2.19. The van der Waals surface area contributed by atoms with Gasteiger partial charge in [0.2, 0.25) is 5.75 Å². The maximum atomic E-state index is 9.88. The Morgan fingerprint density at radius 3 is 2.81 bits per heavy atom. The lowest BCUT2D eigenvalue weighted by atomic mass is 10.2. The van der Waals surface area contributed by atoms with Gasteiger partial charge < -0.3 is 19.9 Å². The van der Waals surface area contributed by atoms with Crippen molar-refractivity contribution in [3.63, 3.8) is 0 Å². The predicted molar refractivity (Wildman–Crippen MR) is 64.3 cm³/mol. The van der Waals surface area contributed by atoms with Gasteiger partial charge in [-0.25, -0.2) is 0 Å². The molecule has 0 radical (unpaired) electrons. The second-order valence-electron chi connectivity index (χ2n) is 3.69. The van der Waals surface area contributed by atoms with Crippen molar-refractivity contribution in [1.29, 1.82) is 0 Å². The lowest BCUT2D eigenvalue weighted by molar-refractivity contribution is 0.211. The number of phenols is 1. The number of nitrogens with one attached hydrogen (secondary N) is 1. The summed E-state index contributed by atoms with van der Waals surface area (Å²) in [6.45, 7) is 1.77. The van der Waals surface area contributed by atoms with Crippen LogP contribution in [0.3, 0.4) is 0 Å². The highest BCUT2D eigenvalue weighted by Gasteiger charge is 2.19. The molecule has 1 saturated heterocycles. The summed E-state index contributed by atoms with van der Waals surface area (Å²) in [7, 11) is 1.52. The van der Waals surface area contributed by atoms with E-state index in [2.05, 4.69) is 21.2 Å². The van der Waals surface area contributed by atoms with Crippen molar-refractivity contribution in [2.45, 2.75) is 12.5 Å². The van der Waals surface area contributed by atoms with Crippen molar-refractivity contribution >= 4 is 15.9 Å². The fourth-order valence-corrected chi connectivity index (χ4v) is 2.12. The van der Waals surface area contributed by atoms with Crippen molar-refractivity contribution in [3.8, 4) is 17.2 Å². The molecule has 5 heteroatoms. The van der Waals surface area contributed by atoms with Crippen LogP contribution in [-0.2, 0) is 0 Å². The van der Waals surface area contributed by atoms with E-state index in [4.69, 9.17) is 9.47 Å². The van der Waals surface area contributed by atoms with Crippen LogP contribution in [-0.4, -0.2) is 31.4 Å². The first-order valence-corrected chi connectivity index (χ1v) is 5.94. The summed E-state index contributed by atoms with van der Waals surface area (Å²) < 4.78 is 11.6. The smallest absolute Gasteiger partial charge is 0.200 e. The van der Waals surface area contributed by atoms with E-state index in [1.165, 1.54) is 7.11 Å². The van der Waals surface area contributed by atoms with E-state index >= 15 is 0 Å². The summed E-state index contributed by atoms with van der Waals surface area (Å²) in [6, 6.07) is 3.45. The molecule has 1 heterocycles. The minimum absolute atomic E-state index is 0.0533. The molecule has 1 aliphatic rings. The molecule has 0 amide bonds. The van der Waals surface area contributed by atoms with Gasteiger partial charge >= 0.3 is 0 Å². The van der Waals surface area contributed by atoms with Crippen molar-refractivity contribution in [3.05, 3.63) is 16.6 Å². The highest BCUT2D eigenvalue weighted by Crippen LogP contribution is 2.39. The summed E-state index contributed by atoms with van der Waals surface area (Å²) in [5, 5.41) is 13.1. The van der Waals surface area contributed by atoms with Gasteiger partial charge in [-0.1, -0.05) is 15.9 Å². The van der Waals surface area contributed by atoms with E-state index < -0.39 is 0 Å². The number of phenolic OH excluding ortho intramolecular Hbond substituents is 1. The van der Waals surface area contributed by atoms with Crippen LogP contribution in [0.15, 0.2) is 16.6 Å². The Hall–Kier alpha value is -0.940. The molecule has 1 fully saturated rings. The highest BCUT2D eigenvalue weighted by molar-refractivity contribution is 9.10. The number of benzene rings is 1. The number of hydrogen-bond donors (Lipinski definition) is 2. The Bertz CT molecular complexity index is 378. The molecular formula is C11H14BrNO3. The number of halogens is 1. The molecule has 2 rings (SSSR count). The van der Waals surface area contributed by atoms with Gasteiger partial charge in [-0.15, -0.1) is 0 Å². The molecule has 1 aliphatic heterocycles. The summed E-state index contributed by atoms with van der Waals surface area (Å²) in [6.07, 6.45) is 1.07. The van der Waals surface area contributed by atoms with Gasteiger partial charge in [-0.2, -0.15) is 0 Å². The van der Waals surface area contributed by atoms with Crippen molar-refractivity contribution in [2.75, 3.05) is 20.2 Å². The number of methoxy groups -OCH3 is 1. The van der Waals surface area contributed by atoms with Crippen molar-refractivity contribution < 1.29 is 14.6 Å². The zero-order valence-corrected chi connectivity index (χ0v) is 10.6. The van der Waals surface area contributed by atoms with Crippen LogP contribution >= 0.6 is 15.9 Å². The van der Waals surface area contributed by atoms with Crippen LogP contribution in [0.5, 0.6) is 17.2 Å². The molecule has 0 saturated carbocycles. The average Bonchev–Trinajstić information content (AvgIpc) is 2.75. The van der Waals surface area contributed by atoms with E-state index in [1.54, 1.807) is 12.1 Å². The molecule has 1 unspecified atom stereocenters. The number of rotatable bonds is 3. The predicted octanol–water partition coefficient (Wildman–Crippen LogP) is 1.90. The first-order chi connectivity index (χ1) is 7.70. The third kappa shape index (κ3) is 2.41. The molecule has 1 atom stereocenters. The normalized spacial score (nSPS) is 19.8. The Morgan fingerprint density at radius 1 is 1.44 bits per heavy atom. The van der Waals surface area contributed by atoms with Crippen LogP contribution in [0.1, 0.15) is 6.42 Å². The number of aromatic hydroxyl groups is 1. The van der Waals surface area contributed by atoms with Gasteiger partial charge in [0.1, 0.15) is 6.10 Å². The second kappa shape index (κ2) is 4.93. The molecule has 0 spiro atoms. The Kier molecular flexibility index (Phi) is 3.56. The van der Waals surface area contributed by atoms with E-state index in [0.29, 0.717) is 11.5 Å². The van der Waals surface area contributed by atoms with Crippen LogP contribution in [0.2, 0.25) is 0 Å². The molecule has 1 aromatic rings. The van der Waals surface area contributed by atoms with Gasteiger partial charge in [0.05, 0.1) is 7.11 Å². The largest absolute Gasteiger partial charge is 0.502 e. The minimum atomic E-state index is 0.0533. The van der Waals surface area contributed by atoms with Gasteiger partial charge in [-0.05, 0) is 25.1 Å². The van der Waals surface area contributed by atoms with Gasteiger partial charge in [-0.3, -0.25) is 0 Å². The first kappa shape index (κ1) is 11.5. The van der Waals surface area contributed by atoms with Crippen LogP contribution in [0.25, 0.3) is 0 Å². The van der Waals surface area contributed by atoms with Gasteiger partial charge in [0.25, 0.3) is 0 Å². The number of ether oxygens (including phenoxy) is 2. The van der Waals surface area contributed by atoms with E-state index in [1.807, 2.05) is 0 Å². The molecule has 2 N–H and O–H groups in total. The van der Waals surface area contributed by atoms with Crippen LogP contribution in [0, 0.1) is 0 Å². The van der Waals surface area contributed by atoms with Crippen molar-refractivity contribution in [1.82, 2.24) is 5.32 Å². The second-order valence-corrected chi connectivity index (χ2v) is 4.60. The maximum Gasteiger partial charge on any atom is 0.200 e. The number of hydrogen-bond acceptors (Lipinski definition) is 4. The third-order valence-electron chi connectivity index (χ3n) is 2.53. The standard InChI is InChI=1S/C11H14BrNO3/c1-15-9-4-7(12)5-10(11(9)14)16-8-2-3-13-6-8/h4-5,8,13-14H,2-3,6H2,1H3. The summed E-state index contributed by atoms with van der Waals surface area (Å²) in [5.41, 5.74) is 0. The fraction of sp³-hybridized carbons (Fsp3) is 0.455. The average molecular weight is 288 g/mol. The monoisotopic (exact) mass is 287 g/mol. The Labute approximate surface area is 103 Å². The molecule has 4 nitrogen and oxygen atoms in total. The molecule has 1 aromatic carbocycles. The lowest BCUT2D eigenvalue weighted by Gasteiger charge is -2.15. The van der Waals surface area contributed by atoms with E-state index in [9.17, 15) is 5.11 Å². The topological polar surface area (TPSA) is 50.7 Å². The quantitative estimate of drug-likeness (QED) is 0.892. The fourth-order valence-electron chi connectivity index (χ4n) is 1.70. The van der Waals surface area contributed by atoms with Gasteiger partial charge in [0.15, 0.2) is 11.5 Å². The molecule has 0 aromatic heterocycles. The van der Waals surface area contributed by atoms with Crippen molar-refractivity contribution in [2.24, 2.45) is 0 Å². The van der Waals surface area contributed by atoms with Crippen LogP contribution < -0.4 is 14.8 Å². The minimum Gasteiger partial charge on any atom is -0.502 e. The zero-order chi connectivity index (χ0) is 11.5. The summed E-state index contributed by atoms with van der Waals surface area (Å²) in [4.78, 5) is 0. The van der Waals surface area contributed by atoms with Gasteiger partial charge in [0, 0.05) is 11.0 Å². The first-order valence-electron chi connectivity index (χ1n) is 5.14. The highest BCUT2D eigenvalue weighted by atomic mass is 79.9. The maximum absolute atomic E-state index is 9.88. The molecule has 16 heavy (non-hydrogen) atoms. The molecule has 0 aliphatic carbocycles. The van der Waals surface area contributed by atoms with Crippen LogP contribution in [0.4, 0.5) is 0 Å². The summed E-state index contributed by atoms with van der Waals surface area (Å²) >= 11 is 3.35. The summed E-state index contributed by atoms with van der Waals surface area (Å²) in [5.74, 6) is 0.924. The molecular weight excluding hydrogens is 274 g/mol. The Morgan fingerprint density at radius 2 is 2.19 bits per heavy atom. The van der Waals surface area contributed by atoms with E-state index in [-0.39, 0.29) is 11.9 Å². The third-order valence-corrected chi connectivity index (χ3v) is 2.99. The SMILES string of the molecule is COc1cc(Br)cc(OC2CCNC2)c1O. The molecule has 0 bridgehead atoms.